The van der Waals surface area contributed by atoms with E-state index in [1.165, 1.54) is 0 Å². The molecule has 0 N–H and O–H groups in total. The molecule has 0 aliphatic rings. The smallest absolute Gasteiger partial charge is 0.306 e. The topological polar surface area (TPSA) is 26.3 Å². The number of esters is 1. The van der Waals surface area contributed by atoms with E-state index < -0.39 is 5.60 Å². The molecule has 0 aromatic heterocycles. The second-order valence-corrected chi connectivity index (χ2v) is 6.71. The third-order valence-electron chi connectivity index (χ3n) is 2.52. The molecule has 0 aliphatic carbocycles. The predicted molar refractivity (Wildman–Crippen MR) is 68.7 cm³/mol. The summed E-state index contributed by atoms with van der Waals surface area (Å²) < 4.78 is 5.33. The molecule has 1 unspecified atom stereocenters. The third-order valence-corrected chi connectivity index (χ3v) is 2.73. The van der Waals surface area contributed by atoms with E-state index in [1.54, 1.807) is 0 Å². The first kappa shape index (κ1) is 15.8. The Labute approximate surface area is 105 Å². The van der Waals surface area contributed by atoms with Crippen molar-refractivity contribution in [1.82, 2.24) is 0 Å². The van der Waals surface area contributed by atoms with Gasteiger partial charge in [0.1, 0.15) is 5.60 Å². The van der Waals surface area contributed by atoms with Gasteiger partial charge in [-0.3, -0.25) is 4.79 Å². The summed E-state index contributed by atoms with van der Waals surface area (Å²) in [5, 5.41) is 0. The Hall–Kier alpha value is -0.240. The van der Waals surface area contributed by atoms with E-state index in [0.29, 0.717) is 12.3 Å². The van der Waals surface area contributed by atoms with E-state index in [-0.39, 0.29) is 17.3 Å². The molecule has 0 aliphatic heterocycles. The van der Waals surface area contributed by atoms with Crippen LogP contribution in [0.15, 0.2) is 0 Å². The molecule has 0 aromatic carbocycles. The van der Waals surface area contributed by atoms with Crippen LogP contribution in [0.5, 0.6) is 0 Å². The lowest BCUT2D eigenvalue weighted by Crippen LogP contribution is -2.29. The number of hydrogen-bond donors (Lipinski definition) is 0. The van der Waals surface area contributed by atoms with Crippen molar-refractivity contribution < 1.29 is 9.53 Å². The van der Waals surface area contributed by atoms with Crippen molar-refractivity contribution >= 4 is 17.6 Å². The highest BCUT2D eigenvalue weighted by molar-refractivity contribution is 6.17. The first-order valence-electron chi connectivity index (χ1n) is 5.84. The van der Waals surface area contributed by atoms with Gasteiger partial charge in [0.05, 0.1) is 0 Å². The number of halogens is 1. The molecular weight excluding hydrogens is 224 g/mol. The number of carbonyl (C=O) groups is 1. The molecule has 0 saturated carbocycles. The average molecular weight is 249 g/mol. The highest BCUT2D eigenvalue weighted by Crippen LogP contribution is 2.32. The Bertz CT molecular complexity index is 223. The lowest BCUT2D eigenvalue weighted by Gasteiger charge is -2.30. The maximum absolute atomic E-state index is 11.7. The van der Waals surface area contributed by atoms with Crippen LogP contribution in [0.3, 0.4) is 0 Å². The highest BCUT2D eigenvalue weighted by atomic mass is 35.5. The van der Waals surface area contributed by atoms with Crippen LogP contribution in [0.25, 0.3) is 0 Å². The van der Waals surface area contributed by atoms with Gasteiger partial charge in [-0.25, -0.2) is 0 Å². The largest absolute Gasteiger partial charge is 0.460 e. The van der Waals surface area contributed by atoms with Crippen molar-refractivity contribution in [2.45, 2.75) is 60.0 Å². The second kappa shape index (κ2) is 5.90. The van der Waals surface area contributed by atoms with E-state index in [2.05, 4.69) is 20.8 Å². The van der Waals surface area contributed by atoms with E-state index in [0.717, 1.165) is 6.42 Å². The molecule has 1 atom stereocenters. The molecular formula is C13H25ClO2. The molecule has 0 amide bonds. The lowest BCUT2D eigenvalue weighted by atomic mass is 9.77. The summed E-state index contributed by atoms with van der Waals surface area (Å²) in [7, 11) is 0. The SMILES string of the molecule is CC(C)(C)OC(=O)CC(CCCl)C(C)(C)C. The van der Waals surface area contributed by atoms with E-state index in [9.17, 15) is 4.79 Å². The Morgan fingerprint density at radius 2 is 1.69 bits per heavy atom. The minimum absolute atomic E-state index is 0.0891. The molecule has 0 radical (unpaired) electrons. The van der Waals surface area contributed by atoms with Gasteiger partial charge in [0, 0.05) is 12.3 Å². The van der Waals surface area contributed by atoms with Crippen LogP contribution in [-0.2, 0) is 9.53 Å². The Morgan fingerprint density at radius 3 is 2.00 bits per heavy atom. The van der Waals surface area contributed by atoms with Gasteiger partial charge in [-0.05, 0) is 38.5 Å². The number of rotatable bonds is 4. The zero-order valence-electron chi connectivity index (χ0n) is 11.4. The van der Waals surface area contributed by atoms with Gasteiger partial charge in [0.25, 0.3) is 0 Å². The van der Waals surface area contributed by atoms with Crippen molar-refractivity contribution in [2.75, 3.05) is 5.88 Å². The predicted octanol–water partition coefficient (Wildman–Crippen LogP) is 4.01. The molecule has 16 heavy (non-hydrogen) atoms. The third kappa shape index (κ3) is 7.10. The number of carbonyl (C=O) groups excluding carboxylic acids is 1. The van der Waals surface area contributed by atoms with Crippen molar-refractivity contribution in [3.8, 4) is 0 Å². The first-order chi connectivity index (χ1) is 7.06. The molecule has 0 heterocycles. The van der Waals surface area contributed by atoms with Crippen LogP contribution in [0.2, 0.25) is 0 Å². The minimum Gasteiger partial charge on any atom is -0.460 e. The van der Waals surface area contributed by atoms with Crippen LogP contribution < -0.4 is 0 Å². The van der Waals surface area contributed by atoms with Crippen LogP contribution in [-0.4, -0.2) is 17.5 Å². The van der Waals surface area contributed by atoms with Gasteiger partial charge in [-0.2, -0.15) is 0 Å². The average Bonchev–Trinajstić information content (AvgIpc) is 1.97. The molecule has 3 heteroatoms. The Kier molecular flexibility index (Phi) is 5.81. The monoisotopic (exact) mass is 248 g/mol. The number of hydrogen-bond acceptors (Lipinski definition) is 2. The summed E-state index contributed by atoms with van der Waals surface area (Å²) in [4.78, 5) is 11.7. The second-order valence-electron chi connectivity index (χ2n) is 6.33. The van der Waals surface area contributed by atoms with E-state index in [1.807, 2.05) is 20.8 Å². The van der Waals surface area contributed by atoms with Gasteiger partial charge in [-0.15, -0.1) is 11.6 Å². The molecule has 96 valence electrons. The Morgan fingerprint density at radius 1 is 1.19 bits per heavy atom. The van der Waals surface area contributed by atoms with Crippen molar-refractivity contribution in [3.05, 3.63) is 0 Å². The van der Waals surface area contributed by atoms with Crippen LogP contribution >= 0.6 is 11.6 Å². The molecule has 0 bridgehead atoms. The molecule has 0 aromatic rings. The molecule has 0 rings (SSSR count). The molecule has 0 saturated heterocycles. The first-order valence-corrected chi connectivity index (χ1v) is 6.37. The van der Waals surface area contributed by atoms with E-state index in [4.69, 9.17) is 16.3 Å². The standard InChI is InChI=1S/C13H25ClO2/c1-12(2,3)10(7-8-14)9-11(15)16-13(4,5)6/h10H,7-9H2,1-6H3. The molecule has 0 fully saturated rings. The number of ether oxygens (including phenoxy) is 1. The summed E-state index contributed by atoms with van der Waals surface area (Å²) in [6, 6.07) is 0. The summed E-state index contributed by atoms with van der Waals surface area (Å²) in [5.74, 6) is 0.738. The highest BCUT2D eigenvalue weighted by Gasteiger charge is 2.28. The quantitative estimate of drug-likeness (QED) is 0.555. The fourth-order valence-corrected chi connectivity index (χ4v) is 1.82. The van der Waals surface area contributed by atoms with Crippen molar-refractivity contribution in [1.29, 1.82) is 0 Å². The summed E-state index contributed by atoms with van der Waals surface area (Å²) in [6.45, 7) is 12.1. The fraction of sp³-hybridized carbons (Fsp3) is 0.923. The van der Waals surface area contributed by atoms with Crippen LogP contribution in [0, 0.1) is 11.3 Å². The number of alkyl halides is 1. The van der Waals surface area contributed by atoms with Gasteiger partial charge in [0.2, 0.25) is 0 Å². The normalized spacial score (nSPS) is 14.7. The lowest BCUT2D eigenvalue weighted by molar-refractivity contribution is -0.157. The molecule has 0 spiro atoms. The van der Waals surface area contributed by atoms with E-state index >= 15 is 0 Å². The summed E-state index contributed by atoms with van der Waals surface area (Å²) in [6.07, 6.45) is 1.30. The maximum Gasteiger partial charge on any atom is 0.306 e. The van der Waals surface area contributed by atoms with Gasteiger partial charge in [0.15, 0.2) is 0 Å². The molecule has 2 nitrogen and oxygen atoms in total. The van der Waals surface area contributed by atoms with Crippen molar-refractivity contribution in [3.63, 3.8) is 0 Å². The minimum atomic E-state index is -0.402. The maximum atomic E-state index is 11.7. The Balaban J connectivity index is 4.36. The zero-order chi connectivity index (χ0) is 13.0. The van der Waals surface area contributed by atoms with Crippen molar-refractivity contribution in [2.24, 2.45) is 11.3 Å². The van der Waals surface area contributed by atoms with Gasteiger partial charge < -0.3 is 4.74 Å². The van der Waals surface area contributed by atoms with Gasteiger partial charge >= 0.3 is 5.97 Å². The fourth-order valence-electron chi connectivity index (χ4n) is 1.56. The summed E-state index contributed by atoms with van der Waals surface area (Å²) in [5.41, 5.74) is -0.313. The summed E-state index contributed by atoms with van der Waals surface area (Å²) >= 11 is 5.77. The zero-order valence-corrected chi connectivity index (χ0v) is 12.1. The van der Waals surface area contributed by atoms with Crippen LogP contribution in [0.4, 0.5) is 0 Å². The van der Waals surface area contributed by atoms with Gasteiger partial charge in [-0.1, -0.05) is 20.8 Å². The van der Waals surface area contributed by atoms with Crippen LogP contribution in [0.1, 0.15) is 54.4 Å².